The highest BCUT2D eigenvalue weighted by atomic mass is 35.5. The molecule has 0 aromatic heterocycles. The number of hydrogen-bond acceptors (Lipinski definition) is 3. The predicted octanol–water partition coefficient (Wildman–Crippen LogP) is 4.06. The Balaban J connectivity index is 0.000000290. The highest BCUT2D eigenvalue weighted by molar-refractivity contribution is 5.87. The Morgan fingerprint density at radius 3 is 2.19 bits per heavy atom. The minimum Gasteiger partial charge on any atom is -0.478 e. The van der Waals surface area contributed by atoms with Gasteiger partial charge in [0.15, 0.2) is 0 Å². The Labute approximate surface area is 161 Å². The van der Waals surface area contributed by atoms with Crippen LogP contribution in [-0.2, 0) is 0 Å². The summed E-state index contributed by atoms with van der Waals surface area (Å²) < 4.78 is 0. The van der Waals surface area contributed by atoms with Gasteiger partial charge >= 0.3 is 5.97 Å². The number of aliphatic hydroxyl groups is 1. The van der Waals surface area contributed by atoms with Gasteiger partial charge in [0, 0.05) is 19.7 Å². The van der Waals surface area contributed by atoms with Gasteiger partial charge in [0.2, 0.25) is 0 Å². The van der Waals surface area contributed by atoms with E-state index in [9.17, 15) is 4.79 Å². The average molecular weight is 378 g/mol. The standard InChI is InChI=1S/C14H21NO.C7H6O2.ClH/c16-11-5-10-15-9-4-8-14(12-15)13-6-2-1-3-7-13;8-7(9)6-4-2-1-3-5-6;/h1-3,6-7,14,16H,4-5,8-12H2;1-5H,(H,8,9);1H. The van der Waals surface area contributed by atoms with Crippen LogP contribution in [0.3, 0.4) is 0 Å². The zero-order valence-corrected chi connectivity index (χ0v) is 15.8. The Morgan fingerprint density at radius 1 is 1.04 bits per heavy atom. The maximum atomic E-state index is 10.2. The predicted molar refractivity (Wildman–Crippen MR) is 107 cm³/mol. The first kappa shape index (κ1) is 22.2. The molecule has 1 aliphatic rings. The second-order valence-electron chi connectivity index (χ2n) is 6.30. The van der Waals surface area contributed by atoms with Crippen LogP contribution in [0.4, 0.5) is 0 Å². The lowest BCUT2D eigenvalue weighted by Crippen LogP contribution is -2.35. The molecule has 2 aromatic rings. The molecule has 1 saturated heterocycles. The van der Waals surface area contributed by atoms with E-state index in [-0.39, 0.29) is 12.4 Å². The summed E-state index contributed by atoms with van der Waals surface area (Å²) in [7, 11) is 0. The highest BCUT2D eigenvalue weighted by Gasteiger charge is 2.20. The summed E-state index contributed by atoms with van der Waals surface area (Å²) in [5, 5.41) is 17.2. The third-order valence-corrected chi connectivity index (χ3v) is 4.43. The normalized spacial score (nSPS) is 16.7. The van der Waals surface area contributed by atoms with Gasteiger partial charge in [0.05, 0.1) is 5.56 Å². The van der Waals surface area contributed by atoms with Crippen LogP contribution in [0, 0.1) is 0 Å². The fourth-order valence-corrected chi connectivity index (χ4v) is 3.13. The Hall–Kier alpha value is -1.88. The smallest absolute Gasteiger partial charge is 0.335 e. The monoisotopic (exact) mass is 377 g/mol. The summed E-state index contributed by atoms with van der Waals surface area (Å²) in [4.78, 5) is 12.7. The van der Waals surface area contributed by atoms with Gasteiger partial charge in [-0.3, -0.25) is 0 Å². The highest BCUT2D eigenvalue weighted by Crippen LogP contribution is 2.26. The molecule has 0 bridgehead atoms. The molecule has 0 spiro atoms. The molecule has 1 aliphatic heterocycles. The fraction of sp³-hybridized carbons (Fsp3) is 0.381. The largest absolute Gasteiger partial charge is 0.478 e. The number of rotatable bonds is 5. The minimum atomic E-state index is -0.879. The molecular weight excluding hydrogens is 350 g/mol. The van der Waals surface area contributed by atoms with Crippen LogP contribution in [0.25, 0.3) is 0 Å². The summed E-state index contributed by atoms with van der Waals surface area (Å²) in [5.74, 6) is -0.191. The molecule has 1 unspecified atom stereocenters. The SMILES string of the molecule is Cl.O=C(O)c1ccccc1.OCCCN1CCCC(c2ccccc2)C1. The van der Waals surface area contributed by atoms with Crippen LogP contribution in [0.1, 0.15) is 41.1 Å². The average Bonchev–Trinajstić information content (AvgIpc) is 2.68. The molecule has 0 radical (unpaired) electrons. The first-order valence-electron chi connectivity index (χ1n) is 8.87. The van der Waals surface area contributed by atoms with E-state index in [1.54, 1.807) is 30.3 Å². The van der Waals surface area contributed by atoms with E-state index in [0.717, 1.165) is 19.5 Å². The molecule has 3 rings (SSSR count). The van der Waals surface area contributed by atoms with Crippen molar-refractivity contribution in [1.29, 1.82) is 0 Å². The van der Waals surface area contributed by atoms with Crippen molar-refractivity contribution in [2.45, 2.75) is 25.2 Å². The van der Waals surface area contributed by atoms with Crippen molar-refractivity contribution in [2.24, 2.45) is 0 Å². The number of nitrogens with zero attached hydrogens (tertiary/aromatic N) is 1. The van der Waals surface area contributed by atoms with E-state index in [4.69, 9.17) is 10.2 Å². The second kappa shape index (κ2) is 12.5. The third kappa shape index (κ3) is 7.56. The lowest BCUT2D eigenvalue weighted by Gasteiger charge is -2.32. The summed E-state index contributed by atoms with van der Waals surface area (Å²) in [6.45, 7) is 3.71. The summed E-state index contributed by atoms with van der Waals surface area (Å²) in [5.41, 5.74) is 1.80. The Bertz CT molecular complexity index is 622. The third-order valence-electron chi connectivity index (χ3n) is 4.43. The summed E-state index contributed by atoms with van der Waals surface area (Å²) >= 11 is 0. The van der Waals surface area contributed by atoms with Crippen molar-refractivity contribution in [3.8, 4) is 0 Å². The molecule has 26 heavy (non-hydrogen) atoms. The zero-order valence-electron chi connectivity index (χ0n) is 15.0. The van der Waals surface area contributed by atoms with E-state index in [1.807, 2.05) is 0 Å². The van der Waals surface area contributed by atoms with Crippen molar-refractivity contribution >= 4 is 18.4 Å². The molecule has 4 nitrogen and oxygen atoms in total. The number of halogens is 1. The van der Waals surface area contributed by atoms with Crippen molar-refractivity contribution in [3.05, 3.63) is 71.8 Å². The summed E-state index contributed by atoms with van der Waals surface area (Å²) in [6.07, 6.45) is 3.49. The van der Waals surface area contributed by atoms with Gasteiger partial charge in [-0.15, -0.1) is 12.4 Å². The molecule has 2 N–H and O–H groups in total. The molecule has 1 fully saturated rings. The second-order valence-corrected chi connectivity index (χ2v) is 6.30. The van der Waals surface area contributed by atoms with Crippen LogP contribution in [-0.4, -0.2) is 47.3 Å². The van der Waals surface area contributed by atoms with E-state index in [1.165, 1.54) is 24.9 Å². The molecular formula is C21H28ClNO3. The minimum absolute atomic E-state index is 0. The number of likely N-dealkylation sites (tertiary alicyclic amines) is 1. The molecule has 2 aromatic carbocycles. The molecule has 5 heteroatoms. The van der Waals surface area contributed by atoms with Gasteiger partial charge in [-0.25, -0.2) is 4.79 Å². The van der Waals surface area contributed by atoms with Crippen LogP contribution in [0.2, 0.25) is 0 Å². The van der Waals surface area contributed by atoms with Crippen molar-refractivity contribution in [1.82, 2.24) is 4.90 Å². The number of carboxylic acid groups (broad SMARTS) is 1. The van der Waals surface area contributed by atoms with Crippen molar-refractivity contribution in [3.63, 3.8) is 0 Å². The zero-order chi connectivity index (χ0) is 17.9. The van der Waals surface area contributed by atoms with Crippen molar-refractivity contribution < 1.29 is 15.0 Å². The quantitative estimate of drug-likeness (QED) is 0.825. The van der Waals surface area contributed by atoms with Crippen LogP contribution < -0.4 is 0 Å². The maximum absolute atomic E-state index is 10.2. The van der Waals surface area contributed by atoms with Crippen LogP contribution in [0.15, 0.2) is 60.7 Å². The number of carbonyl (C=O) groups is 1. The van der Waals surface area contributed by atoms with E-state index in [2.05, 4.69) is 35.2 Å². The maximum Gasteiger partial charge on any atom is 0.335 e. The number of aliphatic hydroxyl groups excluding tert-OH is 1. The number of carboxylic acids is 1. The van der Waals surface area contributed by atoms with Gasteiger partial charge in [0.1, 0.15) is 0 Å². The topological polar surface area (TPSA) is 60.8 Å². The van der Waals surface area contributed by atoms with E-state index >= 15 is 0 Å². The van der Waals surface area contributed by atoms with Gasteiger partial charge in [-0.2, -0.15) is 0 Å². The van der Waals surface area contributed by atoms with Gasteiger partial charge in [-0.1, -0.05) is 48.5 Å². The number of hydrogen-bond donors (Lipinski definition) is 2. The lowest BCUT2D eigenvalue weighted by molar-refractivity contribution is 0.0697. The van der Waals surface area contributed by atoms with Gasteiger partial charge < -0.3 is 15.1 Å². The fourth-order valence-electron chi connectivity index (χ4n) is 3.13. The lowest BCUT2D eigenvalue weighted by atomic mass is 9.90. The number of aromatic carboxylic acids is 1. The molecule has 0 saturated carbocycles. The van der Waals surface area contributed by atoms with Crippen molar-refractivity contribution in [2.75, 3.05) is 26.2 Å². The van der Waals surface area contributed by atoms with E-state index in [0.29, 0.717) is 18.1 Å². The Morgan fingerprint density at radius 2 is 1.65 bits per heavy atom. The summed E-state index contributed by atoms with van der Waals surface area (Å²) in [6, 6.07) is 19.1. The molecule has 0 aliphatic carbocycles. The van der Waals surface area contributed by atoms with Crippen LogP contribution >= 0.6 is 12.4 Å². The first-order chi connectivity index (χ1) is 12.2. The Kier molecular flexibility index (Phi) is 10.6. The molecule has 0 amide bonds. The van der Waals surface area contributed by atoms with Gasteiger partial charge in [-0.05, 0) is 49.4 Å². The molecule has 1 atom stereocenters. The molecule has 1 heterocycles. The number of benzene rings is 2. The number of piperidine rings is 1. The van der Waals surface area contributed by atoms with Gasteiger partial charge in [0.25, 0.3) is 0 Å². The molecule has 142 valence electrons. The first-order valence-corrected chi connectivity index (χ1v) is 8.87. The van der Waals surface area contributed by atoms with E-state index < -0.39 is 5.97 Å². The van der Waals surface area contributed by atoms with Crippen LogP contribution in [0.5, 0.6) is 0 Å².